The zero-order chi connectivity index (χ0) is 16.6. The number of nitrogens with zero attached hydrogens (tertiary/aromatic N) is 1. The number of thiocyanates is 1. The molecule has 0 aliphatic carbocycles. The van der Waals surface area contributed by atoms with E-state index in [2.05, 4.69) is 0 Å². The van der Waals surface area contributed by atoms with Crippen LogP contribution in [0.25, 0.3) is 0 Å². The predicted octanol–water partition coefficient (Wildman–Crippen LogP) is 4.78. The summed E-state index contributed by atoms with van der Waals surface area (Å²) < 4.78 is 134. The third-order valence-electron chi connectivity index (χ3n) is 1.58. The number of rotatable bonds is 2. The van der Waals surface area contributed by atoms with Crippen molar-refractivity contribution in [2.45, 2.75) is 24.5 Å². The Labute approximate surface area is 107 Å². The second-order valence-electron chi connectivity index (χ2n) is 2.97. The van der Waals surface area contributed by atoms with Gasteiger partial charge in [0.15, 0.2) is 5.57 Å². The first kappa shape index (κ1) is 18.8. The first-order valence-electron chi connectivity index (χ1n) is 3.96. The van der Waals surface area contributed by atoms with Crippen molar-refractivity contribution in [1.29, 1.82) is 5.26 Å². The molecule has 0 aromatic carbocycles. The minimum Gasteiger partial charge on any atom is -0.190 e. The van der Waals surface area contributed by atoms with Gasteiger partial charge in [0.1, 0.15) is 5.40 Å². The van der Waals surface area contributed by atoms with Crippen LogP contribution in [0.4, 0.5) is 48.3 Å². The van der Waals surface area contributed by atoms with Crippen LogP contribution in [0.5, 0.6) is 0 Å². The van der Waals surface area contributed by atoms with E-state index in [1.807, 2.05) is 0 Å². The molecule has 0 radical (unpaired) electrons. The van der Waals surface area contributed by atoms with Crippen LogP contribution < -0.4 is 0 Å². The summed E-state index contributed by atoms with van der Waals surface area (Å²) in [5, 5.41) is 8.24. The van der Waals surface area contributed by atoms with Gasteiger partial charge in [-0.05, 0) is 11.8 Å². The van der Waals surface area contributed by atoms with Crippen LogP contribution in [-0.2, 0) is 0 Å². The molecule has 0 amide bonds. The second-order valence-corrected chi connectivity index (χ2v) is 3.76. The third-order valence-corrected chi connectivity index (χ3v) is 2.34. The number of hydrogen-bond donors (Lipinski definition) is 0. The van der Waals surface area contributed by atoms with E-state index in [0.717, 1.165) is 0 Å². The zero-order valence-electron chi connectivity index (χ0n) is 8.51. The van der Waals surface area contributed by atoms with Crippen molar-refractivity contribution in [1.82, 2.24) is 0 Å². The highest BCUT2D eigenvalue weighted by Gasteiger charge is 2.66. The average molecular weight is 339 g/mol. The van der Waals surface area contributed by atoms with E-state index in [4.69, 9.17) is 5.26 Å². The fourth-order valence-corrected chi connectivity index (χ4v) is 1.53. The van der Waals surface area contributed by atoms with Crippen LogP contribution in [0.15, 0.2) is 10.5 Å². The van der Waals surface area contributed by atoms with Gasteiger partial charge in [0.05, 0.1) is 4.91 Å². The van der Waals surface area contributed by atoms with Crippen molar-refractivity contribution >= 4 is 11.8 Å². The third kappa shape index (κ3) is 3.90. The number of allylic oxidation sites excluding steroid dienone is 2. The molecule has 0 fully saturated rings. The molecule has 0 rings (SSSR count). The Kier molecular flexibility index (Phi) is 4.99. The Morgan fingerprint density at radius 1 is 0.750 bits per heavy atom. The van der Waals surface area contributed by atoms with E-state index < -0.39 is 46.7 Å². The molecule has 0 aromatic heterocycles. The second kappa shape index (κ2) is 5.30. The number of hydrogen-bond acceptors (Lipinski definition) is 2. The van der Waals surface area contributed by atoms with Gasteiger partial charge >= 0.3 is 24.5 Å². The molecule has 0 N–H and O–H groups in total. The van der Waals surface area contributed by atoms with Gasteiger partial charge in [-0.25, -0.2) is 0 Å². The van der Waals surface area contributed by atoms with Crippen LogP contribution in [0, 0.1) is 10.7 Å². The first-order valence-corrected chi connectivity index (χ1v) is 4.78. The molecule has 1 nitrogen and oxygen atoms in total. The maximum atomic E-state index is 12.7. The molecule has 0 heterocycles. The quantitative estimate of drug-likeness (QED) is 0.534. The van der Waals surface area contributed by atoms with Gasteiger partial charge in [-0.2, -0.15) is 53.6 Å². The lowest BCUT2D eigenvalue weighted by Crippen LogP contribution is -2.41. The Bertz CT molecular complexity index is 416. The maximum Gasteiger partial charge on any atom is 0.458 e. The highest BCUT2D eigenvalue weighted by molar-refractivity contribution is 8.07. The topological polar surface area (TPSA) is 23.8 Å². The Balaban J connectivity index is 6.51. The Morgan fingerprint density at radius 3 is 1.30 bits per heavy atom. The summed E-state index contributed by atoms with van der Waals surface area (Å²) in [6.07, 6.45) is -19.8. The monoisotopic (exact) mass is 339 g/mol. The molecule has 13 heteroatoms. The summed E-state index contributed by atoms with van der Waals surface area (Å²) in [4.78, 5) is -3.47. The average Bonchev–Trinajstić information content (AvgIpc) is 2.10. The summed E-state index contributed by atoms with van der Waals surface area (Å²) >= 11 is -1.55. The number of nitriles is 1. The molecule has 116 valence electrons. The lowest BCUT2D eigenvalue weighted by Gasteiger charge is -2.25. The molecule has 0 bridgehead atoms. The summed E-state index contributed by atoms with van der Waals surface area (Å²) in [7, 11) is 0. The largest absolute Gasteiger partial charge is 0.458 e. The normalized spacial score (nSPS) is 13.9. The van der Waals surface area contributed by atoms with Crippen molar-refractivity contribution in [3.05, 3.63) is 10.5 Å². The SMILES string of the molecule is N#CSC(=C(C(F)(F)F)C(F)(F)F)C(F)(F)C(F)(F)F. The van der Waals surface area contributed by atoms with E-state index in [0.29, 0.717) is 5.40 Å². The molecule has 0 aromatic rings. The molecule has 0 spiro atoms. The van der Waals surface area contributed by atoms with Gasteiger partial charge in [-0.3, -0.25) is 0 Å². The fraction of sp³-hybridized carbons (Fsp3) is 0.571. The van der Waals surface area contributed by atoms with Gasteiger partial charge in [-0.15, -0.1) is 0 Å². The van der Waals surface area contributed by atoms with Crippen LogP contribution in [-0.4, -0.2) is 24.5 Å². The number of thioether (sulfide) groups is 1. The van der Waals surface area contributed by atoms with Crippen molar-refractivity contribution in [2.24, 2.45) is 0 Å². The maximum absolute atomic E-state index is 12.7. The van der Waals surface area contributed by atoms with Crippen LogP contribution in [0.3, 0.4) is 0 Å². The number of alkyl halides is 11. The Morgan fingerprint density at radius 2 is 1.10 bits per heavy atom. The van der Waals surface area contributed by atoms with Crippen molar-refractivity contribution < 1.29 is 48.3 Å². The Hall–Kier alpha value is -1.19. The highest BCUT2D eigenvalue weighted by Crippen LogP contribution is 2.52. The molecule has 0 aliphatic rings. The smallest absolute Gasteiger partial charge is 0.190 e. The molecule has 0 aliphatic heterocycles. The highest BCUT2D eigenvalue weighted by atomic mass is 32.2. The van der Waals surface area contributed by atoms with Crippen LogP contribution in [0.1, 0.15) is 0 Å². The van der Waals surface area contributed by atoms with Crippen molar-refractivity contribution in [2.75, 3.05) is 0 Å². The molecule has 0 unspecified atom stereocenters. The standard InChI is InChI=1S/C7F11NS/c8-4(9,7(16,17)18)3(20-1-19)2(5(10,11)12)6(13,14)15. The van der Waals surface area contributed by atoms with Gasteiger partial charge < -0.3 is 0 Å². The fourth-order valence-electron chi connectivity index (χ4n) is 0.865. The van der Waals surface area contributed by atoms with E-state index in [1.165, 1.54) is 0 Å². The molecule has 0 saturated heterocycles. The lowest BCUT2D eigenvalue weighted by atomic mass is 10.1. The zero-order valence-corrected chi connectivity index (χ0v) is 9.33. The van der Waals surface area contributed by atoms with E-state index in [1.54, 1.807) is 0 Å². The van der Waals surface area contributed by atoms with E-state index >= 15 is 0 Å². The molecule has 0 atom stereocenters. The minimum atomic E-state index is -6.73. The molecule has 0 saturated carbocycles. The summed E-state index contributed by atoms with van der Waals surface area (Å²) in [5.74, 6) is -6.48. The van der Waals surface area contributed by atoms with Crippen LogP contribution in [0.2, 0.25) is 0 Å². The van der Waals surface area contributed by atoms with Gasteiger partial charge in [0, 0.05) is 0 Å². The van der Waals surface area contributed by atoms with Crippen molar-refractivity contribution in [3.63, 3.8) is 0 Å². The first-order chi connectivity index (χ1) is 8.56. The van der Waals surface area contributed by atoms with Gasteiger partial charge in [0.25, 0.3) is 0 Å². The van der Waals surface area contributed by atoms with Crippen LogP contribution >= 0.6 is 11.8 Å². The summed E-state index contributed by atoms with van der Waals surface area (Å²) in [6.45, 7) is 0. The molecular weight excluding hydrogens is 339 g/mol. The lowest BCUT2D eigenvalue weighted by molar-refractivity contribution is -0.264. The van der Waals surface area contributed by atoms with Crippen molar-refractivity contribution in [3.8, 4) is 5.40 Å². The van der Waals surface area contributed by atoms with Gasteiger partial charge in [-0.1, -0.05) is 0 Å². The summed E-state index contributed by atoms with van der Waals surface area (Å²) in [6, 6.07) is 0. The molecular formula is C7F11NS. The molecule has 20 heavy (non-hydrogen) atoms. The number of halogens is 11. The van der Waals surface area contributed by atoms with Gasteiger partial charge in [0.2, 0.25) is 0 Å². The van der Waals surface area contributed by atoms with E-state index in [-0.39, 0.29) is 0 Å². The predicted molar refractivity (Wildman–Crippen MR) is 43.3 cm³/mol. The van der Waals surface area contributed by atoms with E-state index in [9.17, 15) is 48.3 Å². The minimum absolute atomic E-state index is 0.349. The summed E-state index contributed by atoms with van der Waals surface area (Å²) in [5.41, 5.74) is -4.07.